The number of benzene rings is 1. The average molecular weight is 443 g/mol. The van der Waals surface area contributed by atoms with Gasteiger partial charge in [0.1, 0.15) is 21.5 Å². The van der Waals surface area contributed by atoms with Gasteiger partial charge in [-0.15, -0.1) is 32.9 Å². The molecule has 4 rings (SSSR count). The number of nitrogens with zero attached hydrogens (tertiary/aromatic N) is 3. The molecule has 9 heteroatoms. The van der Waals surface area contributed by atoms with Gasteiger partial charge in [-0.05, 0) is 48.7 Å². The molecule has 1 aromatic carbocycles. The Bertz CT molecular complexity index is 1130. The second-order valence-corrected chi connectivity index (χ2v) is 8.96. The van der Waals surface area contributed by atoms with Gasteiger partial charge in [0.05, 0.1) is 21.2 Å². The van der Waals surface area contributed by atoms with E-state index in [4.69, 9.17) is 0 Å². The molecule has 4 aromatic rings. The third-order valence-corrected chi connectivity index (χ3v) is 7.00. The van der Waals surface area contributed by atoms with E-state index in [-0.39, 0.29) is 11.7 Å². The first-order chi connectivity index (χ1) is 14.1. The molecule has 5 nitrogen and oxygen atoms in total. The maximum Gasteiger partial charge on any atom is 0.234 e. The molecule has 0 saturated heterocycles. The van der Waals surface area contributed by atoms with Crippen molar-refractivity contribution >= 4 is 46.0 Å². The maximum absolute atomic E-state index is 13.2. The third kappa shape index (κ3) is 4.87. The lowest BCUT2D eigenvalue weighted by Crippen LogP contribution is -2.14. The van der Waals surface area contributed by atoms with Crippen LogP contribution in [0.3, 0.4) is 0 Å². The number of thioether (sulfide) groups is 1. The zero-order valence-corrected chi connectivity index (χ0v) is 17.7. The second-order valence-electron chi connectivity index (χ2n) is 6.01. The summed E-state index contributed by atoms with van der Waals surface area (Å²) in [5.74, 6) is -0.463. The minimum Gasteiger partial charge on any atom is -0.325 e. The van der Waals surface area contributed by atoms with E-state index in [0.717, 1.165) is 26.1 Å². The monoisotopic (exact) mass is 442 g/mol. The number of aryl methyl sites for hydroxylation is 1. The zero-order valence-electron chi connectivity index (χ0n) is 15.3. The smallest absolute Gasteiger partial charge is 0.234 e. The highest BCUT2D eigenvalue weighted by molar-refractivity contribution is 7.99. The fraction of sp³-hybridized carbons (Fsp3) is 0.100. The van der Waals surface area contributed by atoms with E-state index in [1.54, 1.807) is 34.8 Å². The van der Waals surface area contributed by atoms with Crippen LogP contribution in [0.5, 0.6) is 0 Å². The second kappa shape index (κ2) is 8.81. The van der Waals surface area contributed by atoms with Gasteiger partial charge in [-0.25, -0.2) is 9.37 Å². The largest absolute Gasteiger partial charge is 0.325 e. The van der Waals surface area contributed by atoms with Crippen LogP contribution in [-0.4, -0.2) is 26.8 Å². The summed E-state index contributed by atoms with van der Waals surface area (Å²) in [5.41, 5.74) is 2.11. The summed E-state index contributed by atoms with van der Waals surface area (Å²) in [6.07, 6.45) is 0. The number of nitrogens with one attached hydrogen (secondary N) is 1. The van der Waals surface area contributed by atoms with Gasteiger partial charge in [0.25, 0.3) is 0 Å². The summed E-state index contributed by atoms with van der Waals surface area (Å²) in [4.78, 5) is 18.8. The van der Waals surface area contributed by atoms with E-state index >= 15 is 0 Å². The normalized spacial score (nSPS) is 10.8. The standard InChI is InChI=1S/C20H15FN4OS3/c1-12-19(29-20(22-12)16-6-3-9-27-16)15-7-8-18(25-24-15)28-11-17(26)23-14-5-2-4-13(21)10-14/h2-10H,11H2,1H3,(H,23,26). The maximum atomic E-state index is 13.2. The first kappa shape index (κ1) is 19.7. The van der Waals surface area contributed by atoms with Crippen LogP contribution in [0.1, 0.15) is 5.69 Å². The lowest BCUT2D eigenvalue weighted by Gasteiger charge is -2.05. The Morgan fingerprint density at radius 3 is 2.79 bits per heavy atom. The summed E-state index contributed by atoms with van der Waals surface area (Å²) < 4.78 is 13.2. The molecule has 0 fully saturated rings. The first-order valence-corrected chi connectivity index (χ1v) is 11.3. The van der Waals surface area contributed by atoms with Crippen molar-refractivity contribution < 1.29 is 9.18 Å². The van der Waals surface area contributed by atoms with Crippen molar-refractivity contribution in [3.8, 4) is 20.5 Å². The number of hydrogen-bond acceptors (Lipinski definition) is 7. The van der Waals surface area contributed by atoms with Crippen molar-refractivity contribution in [2.45, 2.75) is 11.9 Å². The quantitative estimate of drug-likeness (QED) is 0.399. The van der Waals surface area contributed by atoms with Gasteiger partial charge in [-0.2, -0.15) is 0 Å². The lowest BCUT2D eigenvalue weighted by molar-refractivity contribution is -0.113. The number of rotatable bonds is 6. The van der Waals surface area contributed by atoms with Crippen LogP contribution in [0.15, 0.2) is 58.9 Å². The Labute approximate surface area is 179 Å². The molecule has 0 bridgehead atoms. The van der Waals surface area contributed by atoms with Gasteiger partial charge in [0.15, 0.2) is 0 Å². The van der Waals surface area contributed by atoms with Gasteiger partial charge in [-0.1, -0.05) is 23.9 Å². The highest BCUT2D eigenvalue weighted by Gasteiger charge is 2.14. The predicted octanol–water partition coefficient (Wildman–Crippen LogP) is 5.51. The molecule has 0 radical (unpaired) electrons. The van der Waals surface area contributed by atoms with Gasteiger partial charge in [-0.3, -0.25) is 4.79 Å². The first-order valence-electron chi connectivity index (χ1n) is 8.62. The van der Waals surface area contributed by atoms with Gasteiger partial charge in [0.2, 0.25) is 5.91 Å². The number of carbonyl (C=O) groups is 1. The minimum atomic E-state index is -0.391. The molecule has 146 valence electrons. The van der Waals surface area contributed by atoms with Crippen molar-refractivity contribution in [3.63, 3.8) is 0 Å². The van der Waals surface area contributed by atoms with Gasteiger partial charge in [0, 0.05) is 5.69 Å². The molecule has 0 spiro atoms. The van der Waals surface area contributed by atoms with Crippen LogP contribution in [-0.2, 0) is 4.79 Å². The number of aromatic nitrogens is 3. The van der Waals surface area contributed by atoms with Crippen molar-refractivity contribution in [1.29, 1.82) is 0 Å². The zero-order chi connectivity index (χ0) is 20.2. The third-order valence-electron chi connectivity index (χ3n) is 3.86. The minimum absolute atomic E-state index is 0.159. The number of anilines is 1. The van der Waals surface area contributed by atoms with E-state index in [9.17, 15) is 9.18 Å². The molecule has 1 N–H and O–H groups in total. The van der Waals surface area contributed by atoms with Crippen molar-refractivity contribution in [2.75, 3.05) is 11.1 Å². The Morgan fingerprint density at radius 1 is 1.17 bits per heavy atom. The summed E-state index contributed by atoms with van der Waals surface area (Å²) >= 11 is 4.52. The van der Waals surface area contributed by atoms with E-state index < -0.39 is 5.82 Å². The van der Waals surface area contributed by atoms with Crippen LogP contribution in [0, 0.1) is 12.7 Å². The van der Waals surface area contributed by atoms with Gasteiger partial charge < -0.3 is 5.32 Å². The molecule has 0 aliphatic rings. The average Bonchev–Trinajstić information content (AvgIpc) is 3.37. The topological polar surface area (TPSA) is 67.8 Å². The Hall–Kier alpha value is -2.62. The number of thiophene rings is 1. The number of halogens is 1. The molecule has 1 amide bonds. The molecular formula is C20H15FN4OS3. The van der Waals surface area contributed by atoms with Crippen molar-refractivity contribution in [2.24, 2.45) is 0 Å². The van der Waals surface area contributed by atoms with Crippen molar-refractivity contribution in [1.82, 2.24) is 15.2 Å². The van der Waals surface area contributed by atoms with Crippen molar-refractivity contribution in [3.05, 3.63) is 65.4 Å². The lowest BCUT2D eigenvalue weighted by atomic mass is 10.3. The molecular weight excluding hydrogens is 427 g/mol. The number of thiazole rings is 1. The molecule has 3 heterocycles. The SMILES string of the molecule is Cc1nc(-c2cccs2)sc1-c1ccc(SCC(=O)Nc2cccc(F)c2)nn1. The van der Waals surface area contributed by atoms with Crippen LogP contribution in [0.2, 0.25) is 0 Å². The number of hydrogen-bond donors (Lipinski definition) is 1. The fourth-order valence-electron chi connectivity index (χ4n) is 2.56. The molecule has 0 atom stereocenters. The van der Waals surface area contributed by atoms with Crippen LogP contribution < -0.4 is 5.32 Å². The summed E-state index contributed by atoms with van der Waals surface area (Å²) in [7, 11) is 0. The Morgan fingerprint density at radius 2 is 2.07 bits per heavy atom. The summed E-state index contributed by atoms with van der Waals surface area (Å²) in [6, 6.07) is 13.6. The number of amides is 1. The predicted molar refractivity (Wildman–Crippen MR) is 117 cm³/mol. The summed E-state index contributed by atoms with van der Waals surface area (Å²) in [5, 5.41) is 14.8. The van der Waals surface area contributed by atoms with E-state index in [1.807, 2.05) is 36.6 Å². The molecule has 3 aromatic heterocycles. The Balaban J connectivity index is 1.39. The van der Waals surface area contributed by atoms with E-state index in [2.05, 4.69) is 20.5 Å². The number of carbonyl (C=O) groups excluding carboxylic acids is 1. The highest BCUT2D eigenvalue weighted by Crippen LogP contribution is 2.36. The van der Waals surface area contributed by atoms with Crippen LogP contribution in [0.4, 0.5) is 10.1 Å². The van der Waals surface area contributed by atoms with E-state index in [1.165, 1.54) is 23.9 Å². The van der Waals surface area contributed by atoms with Gasteiger partial charge >= 0.3 is 0 Å². The van der Waals surface area contributed by atoms with Crippen LogP contribution >= 0.6 is 34.4 Å². The molecule has 0 unspecified atom stereocenters. The highest BCUT2D eigenvalue weighted by atomic mass is 32.2. The molecule has 0 aliphatic carbocycles. The Kier molecular flexibility index (Phi) is 5.98. The molecule has 29 heavy (non-hydrogen) atoms. The summed E-state index contributed by atoms with van der Waals surface area (Å²) in [6.45, 7) is 1.96. The van der Waals surface area contributed by atoms with Crippen LogP contribution in [0.25, 0.3) is 20.5 Å². The molecule has 0 saturated carbocycles. The van der Waals surface area contributed by atoms with E-state index in [0.29, 0.717) is 10.7 Å². The molecule has 0 aliphatic heterocycles. The fourth-order valence-corrected chi connectivity index (χ4v) is 5.00.